The second kappa shape index (κ2) is 9.35. The Hall–Kier alpha value is -3.96. The highest BCUT2D eigenvalue weighted by Crippen LogP contribution is 2.32. The van der Waals surface area contributed by atoms with Crippen LogP contribution in [0.5, 0.6) is 5.75 Å². The third-order valence-electron chi connectivity index (χ3n) is 5.42. The Morgan fingerprint density at radius 3 is 2.23 bits per heavy atom. The van der Waals surface area contributed by atoms with Gasteiger partial charge in [-0.3, -0.25) is 14.3 Å². The lowest BCUT2D eigenvalue weighted by Crippen LogP contribution is -2.35. The highest BCUT2D eigenvalue weighted by Gasteiger charge is 2.30. The smallest absolute Gasteiger partial charge is 0.416 e. The van der Waals surface area contributed by atoms with Crippen LogP contribution in [0.3, 0.4) is 0 Å². The largest absolute Gasteiger partial charge is 0.497 e. The van der Waals surface area contributed by atoms with Gasteiger partial charge in [-0.05, 0) is 61.5 Å². The molecular formula is C24H21F3N4O4. The van der Waals surface area contributed by atoms with Crippen molar-refractivity contribution in [2.24, 2.45) is 0 Å². The number of hydrogen-bond donors (Lipinski definition) is 2. The van der Waals surface area contributed by atoms with Crippen molar-refractivity contribution in [3.05, 3.63) is 76.6 Å². The molecule has 35 heavy (non-hydrogen) atoms. The van der Waals surface area contributed by atoms with Crippen LogP contribution in [0.1, 0.15) is 12.5 Å². The average Bonchev–Trinajstić information content (AvgIpc) is 2.83. The normalized spacial score (nSPS) is 12.5. The van der Waals surface area contributed by atoms with Gasteiger partial charge in [0.1, 0.15) is 18.7 Å². The fourth-order valence-electron chi connectivity index (χ4n) is 3.60. The summed E-state index contributed by atoms with van der Waals surface area (Å²) in [5.74, 6) is 0.530. The van der Waals surface area contributed by atoms with Crippen molar-refractivity contribution in [1.82, 2.24) is 14.5 Å². The van der Waals surface area contributed by atoms with Crippen molar-refractivity contribution < 1.29 is 28.1 Å². The maximum absolute atomic E-state index is 13.1. The minimum Gasteiger partial charge on any atom is -0.497 e. The zero-order chi connectivity index (χ0) is 25.3. The number of halogens is 3. The minimum atomic E-state index is -4.53. The third-order valence-corrected chi connectivity index (χ3v) is 5.42. The molecule has 0 aliphatic heterocycles. The lowest BCUT2D eigenvalue weighted by molar-refractivity contribution is -0.137. The van der Waals surface area contributed by atoms with Gasteiger partial charge in [-0.25, -0.2) is 4.98 Å². The van der Waals surface area contributed by atoms with Gasteiger partial charge in [0.2, 0.25) is 5.95 Å². The van der Waals surface area contributed by atoms with E-state index in [0.29, 0.717) is 22.4 Å². The first-order chi connectivity index (χ1) is 16.6. The molecule has 0 spiro atoms. The predicted octanol–water partition coefficient (Wildman–Crippen LogP) is 3.57. The molecule has 0 bridgehead atoms. The molecular weight excluding hydrogens is 465 g/mol. The van der Waals surface area contributed by atoms with Gasteiger partial charge in [0.05, 0.1) is 24.1 Å². The first-order valence-electron chi connectivity index (χ1n) is 10.5. The van der Waals surface area contributed by atoms with E-state index in [9.17, 15) is 28.2 Å². The van der Waals surface area contributed by atoms with Crippen LogP contribution in [-0.4, -0.2) is 44.8 Å². The first kappa shape index (κ1) is 24.2. The highest BCUT2D eigenvalue weighted by atomic mass is 19.4. The number of benzene rings is 2. The van der Waals surface area contributed by atoms with Crippen molar-refractivity contribution in [2.45, 2.75) is 19.3 Å². The van der Waals surface area contributed by atoms with Gasteiger partial charge in [-0.1, -0.05) is 0 Å². The molecule has 8 nitrogen and oxygen atoms in total. The molecule has 0 radical (unpaired) electrons. The number of aliphatic hydroxyl groups excluding tert-OH is 2. The van der Waals surface area contributed by atoms with Crippen molar-refractivity contribution in [3.8, 4) is 22.7 Å². The third kappa shape index (κ3) is 4.68. The maximum Gasteiger partial charge on any atom is 0.416 e. The number of alkyl halides is 3. The molecule has 182 valence electrons. The minimum absolute atomic E-state index is 0.0768. The van der Waals surface area contributed by atoms with E-state index in [4.69, 9.17) is 4.74 Å². The van der Waals surface area contributed by atoms with E-state index >= 15 is 0 Å². The maximum atomic E-state index is 13.1. The number of anilines is 1. The summed E-state index contributed by atoms with van der Waals surface area (Å²) in [5.41, 5.74) is -0.133. The van der Waals surface area contributed by atoms with Crippen LogP contribution in [0.25, 0.3) is 28.0 Å². The number of ether oxygens (including phenoxy) is 1. The van der Waals surface area contributed by atoms with Gasteiger partial charge in [0, 0.05) is 17.0 Å². The zero-order valence-electron chi connectivity index (χ0n) is 18.7. The van der Waals surface area contributed by atoms with Crippen LogP contribution in [0.4, 0.5) is 19.1 Å². The number of aromatic nitrogens is 3. The quantitative estimate of drug-likeness (QED) is 0.402. The Labute approximate surface area is 197 Å². The summed E-state index contributed by atoms with van der Waals surface area (Å²) in [6.07, 6.45) is -5.70. The first-order valence-corrected chi connectivity index (χ1v) is 10.5. The van der Waals surface area contributed by atoms with E-state index in [1.807, 2.05) is 0 Å². The second-order valence-electron chi connectivity index (χ2n) is 7.63. The predicted molar refractivity (Wildman–Crippen MR) is 123 cm³/mol. The van der Waals surface area contributed by atoms with Crippen molar-refractivity contribution in [3.63, 3.8) is 0 Å². The lowest BCUT2D eigenvalue weighted by atomic mass is 10.1. The molecule has 0 aliphatic rings. The van der Waals surface area contributed by atoms with Crippen molar-refractivity contribution in [2.75, 3.05) is 18.7 Å². The fourth-order valence-corrected chi connectivity index (χ4v) is 3.60. The lowest BCUT2D eigenvalue weighted by Gasteiger charge is -2.24. The van der Waals surface area contributed by atoms with Gasteiger partial charge in [0.25, 0.3) is 5.56 Å². The van der Waals surface area contributed by atoms with Crippen LogP contribution >= 0.6 is 0 Å². The second-order valence-corrected chi connectivity index (χ2v) is 7.63. The number of nitrogens with zero attached hydrogens (tertiary/aromatic N) is 4. The molecule has 2 aromatic carbocycles. The molecule has 1 atom stereocenters. The molecule has 4 rings (SSSR count). The summed E-state index contributed by atoms with van der Waals surface area (Å²) in [6.45, 7) is 0.785. The van der Waals surface area contributed by atoms with Gasteiger partial charge < -0.3 is 14.9 Å². The molecule has 4 aromatic rings. The number of rotatable bonds is 6. The molecule has 0 saturated heterocycles. The summed E-state index contributed by atoms with van der Waals surface area (Å²) in [4.78, 5) is 22.9. The Balaban J connectivity index is 2.02. The van der Waals surface area contributed by atoms with Crippen LogP contribution in [0.2, 0.25) is 0 Å². The molecule has 2 N–H and O–H groups in total. The summed E-state index contributed by atoms with van der Waals surface area (Å²) in [6, 6.07) is 13.8. The summed E-state index contributed by atoms with van der Waals surface area (Å²) < 4.78 is 45.5. The monoisotopic (exact) mass is 486 g/mol. The van der Waals surface area contributed by atoms with E-state index in [-0.39, 0.29) is 17.3 Å². The van der Waals surface area contributed by atoms with Crippen LogP contribution < -0.4 is 15.2 Å². The summed E-state index contributed by atoms with van der Waals surface area (Å²) >= 11 is 0. The Bertz CT molecular complexity index is 1400. The van der Waals surface area contributed by atoms with Crippen LogP contribution in [0.15, 0.2) is 65.5 Å². The number of aliphatic hydroxyl groups is 2. The van der Waals surface area contributed by atoms with Gasteiger partial charge >= 0.3 is 6.18 Å². The van der Waals surface area contributed by atoms with E-state index in [1.165, 1.54) is 38.3 Å². The summed E-state index contributed by atoms with van der Waals surface area (Å²) in [7, 11) is 1.53. The Morgan fingerprint density at radius 1 is 1.03 bits per heavy atom. The SMILES string of the molecule is COc1ccc(-c2nc(N(CO)C(C)O)nc3c2ccc(=O)n3-c2ccc(C(F)(F)F)cc2)cc1. The molecule has 1 unspecified atom stereocenters. The van der Waals surface area contributed by atoms with E-state index in [1.54, 1.807) is 24.3 Å². The Kier molecular flexibility index (Phi) is 6.46. The highest BCUT2D eigenvalue weighted by molar-refractivity contribution is 5.92. The topological polar surface area (TPSA) is 101 Å². The van der Waals surface area contributed by atoms with Crippen LogP contribution in [-0.2, 0) is 6.18 Å². The number of hydrogen-bond acceptors (Lipinski definition) is 7. The van der Waals surface area contributed by atoms with Gasteiger partial charge in [-0.15, -0.1) is 0 Å². The molecule has 11 heteroatoms. The van der Waals surface area contributed by atoms with Gasteiger partial charge in [-0.2, -0.15) is 18.2 Å². The zero-order valence-corrected chi connectivity index (χ0v) is 18.7. The van der Waals surface area contributed by atoms with E-state index in [2.05, 4.69) is 9.97 Å². The van der Waals surface area contributed by atoms with Gasteiger partial charge in [0.15, 0.2) is 5.65 Å². The molecule has 0 saturated carbocycles. The van der Waals surface area contributed by atoms with Crippen molar-refractivity contribution in [1.29, 1.82) is 0 Å². The molecule has 0 aliphatic carbocycles. The molecule has 0 amide bonds. The molecule has 2 heterocycles. The average molecular weight is 486 g/mol. The number of methoxy groups -OCH3 is 1. The summed E-state index contributed by atoms with van der Waals surface area (Å²) in [5, 5.41) is 20.3. The van der Waals surface area contributed by atoms with Crippen molar-refractivity contribution >= 4 is 17.0 Å². The molecule has 2 aromatic heterocycles. The van der Waals surface area contributed by atoms with Crippen LogP contribution in [0, 0.1) is 0 Å². The standard InChI is InChI=1S/C24H21F3N4O4/c1-14(33)30(13-32)23-28-21(15-3-9-18(35-2)10-4-15)19-11-12-20(34)31(22(19)29-23)17-7-5-16(6-8-17)24(25,26)27/h3-12,14,32-33H,13H2,1-2H3. The Morgan fingerprint density at radius 2 is 1.69 bits per heavy atom. The number of fused-ring (bicyclic) bond motifs is 1. The fraction of sp³-hybridized carbons (Fsp3) is 0.208. The number of pyridine rings is 1. The van der Waals surface area contributed by atoms with E-state index in [0.717, 1.165) is 21.6 Å². The van der Waals surface area contributed by atoms with E-state index < -0.39 is 30.3 Å². The molecule has 0 fully saturated rings.